The largest absolute Gasteiger partial charge is 0.481 e. The minimum absolute atomic E-state index is 0.0380. The number of carbonyl (C=O) groups excluding carboxylic acids is 1. The third-order valence-electron chi connectivity index (χ3n) is 2.72. The first kappa shape index (κ1) is 16.9. The fourth-order valence-electron chi connectivity index (χ4n) is 1.54. The zero-order chi connectivity index (χ0) is 15.9. The van der Waals surface area contributed by atoms with Crippen LogP contribution in [0.2, 0.25) is 0 Å². The van der Waals surface area contributed by atoms with Gasteiger partial charge >= 0.3 is 5.97 Å². The summed E-state index contributed by atoms with van der Waals surface area (Å²) in [5.74, 6) is -1.42. The molecule has 0 radical (unpaired) electrons. The number of amides is 1. The number of sulfone groups is 1. The normalized spacial score (nSPS) is 11.5. The molecule has 21 heavy (non-hydrogen) atoms. The number of hydrogen-bond donors (Lipinski definition) is 1. The molecule has 1 N–H and O–H groups in total. The first-order chi connectivity index (χ1) is 9.83. The maximum Gasteiger partial charge on any atom is 0.303 e. The minimum Gasteiger partial charge on any atom is -0.481 e. The second kappa shape index (κ2) is 7.58. The van der Waals surface area contributed by atoms with Gasteiger partial charge in [-0.2, -0.15) is 0 Å². The monoisotopic (exact) mass is 311 g/mol. The number of carboxylic acids is 1. The van der Waals surface area contributed by atoms with E-state index in [1.807, 2.05) is 0 Å². The molecule has 0 fully saturated rings. The Balaban J connectivity index is 2.63. The van der Waals surface area contributed by atoms with E-state index in [-0.39, 0.29) is 17.9 Å². The molecule has 7 heteroatoms. The standard InChI is InChI=1S/C14H17NO5S/c1-15(10-5-8-14(17)18)13(16)9-11-21(19,20)12-6-3-2-4-7-12/h2-4,6-7,9,11H,5,8,10H2,1H3,(H,17,18)/b11-9+. The van der Waals surface area contributed by atoms with Gasteiger partial charge in [-0.15, -0.1) is 0 Å². The lowest BCUT2D eigenvalue weighted by Crippen LogP contribution is -2.26. The first-order valence-electron chi connectivity index (χ1n) is 6.28. The van der Waals surface area contributed by atoms with Crippen LogP contribution in [0, 0.1) is 0 Å². The lowest BCUT2D eigenvalue weighted by molar-refractivity contribution is -0.137. The summed E-state index contributed by atoms with van der Waals surface area (Å²) in [5, 5.41) is 9.36. The Morgan fingerprint density at radius 2 is 1.86 bits per heavy atom. The Labute approximate surface area is 123 Å². The number of nitrogens with zero attached hydrogens (tertiary/aromatic N) is 1. The van der Waals surface area contributed by atoms with Gasteiger partial charge in [0, 0.05) is 31.5 Å². The van der Waals surface area contributed by atoms with Crippen LogP contribution in [0.4, 0.5) is 0 Å². The van der Waals surface area contributed by atoms with Crippen LogP contribution in [-0.4, -0.2) is 43.9 Å². The third-order valence-corrected chi connectivity index (χ3v) is 4.15. The van der Waals surface area contributed by atoms with E-state index < -0.39 is 21.7 Å². The Hall–Kier alpha value is -2.15. The van der Waals surface area contributed by atoms with Gasteiger partial charge in [-0.05, 0) is 18.6 Å². The summed E-state index contributed by atoms with van der Waals surface area (Å²) in [4.78, 5) is 23.5. The van der Waals surface area contributed by atoms with Gasteiger partial charge < -0.3 is 10.0 Å². The molecule has 0 aromatic heterocycles. The van der Waals surface area contributed by atoms with Crippen molar-refractivity contribution in [3.63, 3.8) is 0 Å². The molecule has 0 spiro atoms. The molecular weight excluding hydrogens is 294 g/mol. The van der Waals surface area contributed by atoms with Gasteiger partial charge in [0.25, 0.3) is 0 Å². The van der Waals surface area contributed by atoms with Crippen molar-refractivity contribution in [2.24, 2.45) is 0 Å². The SMILES string of the molecule is CN(CCCC(=O)O)C(=O)/C=C/S(=O)(=O)c1ccccc1. The zero-order valence-corrected chi connectivity index (χ0v) is 12.4. The van der Waals surface area contributed by atoms with Crippen molar-refractivity contribution in [2.75, 3.05) is 13.6 Å². The second-order valence-corrected chi connectivity index (χ2v) is 6.25. The molecule has 1 aromatic rings. The Kier molecular flexibility index (Phi) is 6.10. The van der Waals surface area contributed by atoms with Crippen LogP contribution in [0.25, 0.3) is 0 Å². The lowest BCUT2D eigenvalue weighted by Gasteiger charge is -2.13. The Morgan fingerprint density at radius 3 is 2.43 bits per heavy atom. The average Bonchev–Trinajstić information content (AvgIpc) is 2.45. The van der Waals surface area contributed by atoms with Gasteiger partial charge in [-0.3, -0.25) is 9.59 Å². The number of carboxylic acid groups (broad SMARTS) is 1. The minimum atomic E-state index is -3.64. The van der Waals surface area contributed by atoms with Crippen LogP contribution in [0.1, 0.15) is 12.8 Å². The van der Waals surface area contributed by atoms with Gasteiger partial charge in [-0.25, -0.2) is 8.42 Å². The van der Waals surface area contributed by atoms with Gasteiger partial charge in [0.15, 0.2) is 9.84 Å². The van der Waals surface area contributed by atoms with Crippen LogP contribution >= 0.6 is 0 Å². The number of rotatable bonds is 7. The molecule has 0 aliphatic heterocycles. The van der Waals surface area contributed by atoms with Crippen LogP contribution in [-0.2, 0) is 19.4 Å². The lowest BCUT2D eigenvalue weighted by atomic mass is 10.3. The topological polar surface area (TPSA) is 91.8 Å². The van der Waals surface area contributed by atoms with Crippen molar-refractivity contribution in [1.82, 2.24) is 4.90 Å². The van der Waals surface area contributed by atoms with E-state index in [1.165, 1.54) is 24.1 Å². The number of benzene rings is 1. The van der Waals surface area contributed by atoms with E-state index in [0.717, 1.165) is 11.5 Å². The molecule has 0 bridgehead atoms. The van der Waals surface area contributed by atoms with E-state index in [0.29, 0.717) is 6.42 Å². The van der Waals surface area contributed by atoms with Gasteiger partial charge in [0.1, 0.15) is 0 Å². The van der Waals surface area contributed by atoms with E-state index in [2.05, 4.69) is 0 Å². The molecular formula is C14H17NO5S. The molecule has 0 aliphatic carbocycles. The highest BCUT2D eigenvalue weighted by Crippen LogP contribution is 2.11. The van der Waals surface area contributed by atoms with E-state index in [1.54, 1.807) is 18.2 Å². The average molecular weight is 311 g/mol. The fraction of sp³-hybridized carbons (Fsp3) is 0.286. The quantitative estimate of drug-likeness (QED) is 0.766. The highest BCUT2D eigenvalue weighted by molar-refractivity contribution is 7.94. The number of likely N-dealkylation sites (N-methyl/N-ethyl adjacent to an activating group) is 1. The van der Waals surface area contributed by atoms with Crippen molar-refractivity contribution in [3.05, 3.63) is 41.8 Å². The number of hydrogen-bond acceptors (Lipinski definition) is 4. The summed E-state index contributed by atoms with van der Waals surface area (Å²) >= 11 is 0. The number of carbonyl (C=O) groups is 2. The maximum atomic E-state index is 11.9. The van der Waals surface area contributed by atoms with E-state index in [9.17, 15) is 18.0 Å². The third kappa shape index (κ3) is 5.78. The molecule has 0 saturated heterocycles. The Morgan fingerprint density at radius 1 is 1.24 bits per heavy atom. The summed E-state index contributed by atoms with van der Waals surface area (Å²) < 4.78 is 23.9. The molecule has 0 atom stereocenters. The van der Waals surface area contributed by atoms with Crippen molar-refractivity contribution in [3.8, 4) is 0 Å². The molecule has 0 saturated carbocycles. The van der Waals surface area contributed by atoms with E-state index in [4.69, 9.17) is 5.11 Å². The van der Waals surface area contributed by atoms with Gasteiger partial charge in [0.2, 0.25) is 5.91 Å². The number of aliphatic carboxylic acids is 1. The van der Waals surface area contributed by atoms with Crippen molar-refractivity contribution < 1.29 is 23.1 Å². The molecule has 114 valence electrons. The van der Waals surface area contributed by atoms with Gasteiger partial charge in [-0.1, -0.05) is 18.2 Å². The fourth-order valence-corrected chi connectivity index (χ4v) is 2.53. The first-order valence-corrected chi connectivity index (χ1v) is 7.82. The molecule has 0 unspecified atom stereocenters. The van der Waals surface area contributed by atoms with Crippen LogP contribution in [0.15, 0.2) is 46.7 Å². The maximum absolute atomic E-state index is 11.9. The summed E-state index contributed by atoms with van der Waals surface area (Å²) in [7, 11) is -2.16. The van der Waals surface area contributed by atoms with Crippen LogP contribution in [0.3, 0.4) is 0 Å². The predicted molar refractivity (Wildman–Crippen MR) is 77.3 cm³/mol. The summed E-state index contributed by atoms with van der Waals surface area (Å²) in [5.41, 5.74) is 0. The highest BCUT2D eigenvalue weighted by atomic mass is 32.2. The second-order valence-electron chi connectivity index (χ2n) is 4.42. The molecule has 1 aromatic carbocycles. The zero-order valence-electron chi connectivity index (χ0n) is 11.6. The molecule has 1 amide bonds. The molecule has 6 nitrogen and oxygen atoms in total. The van der Waals surface area contributed by atoms with Crippen molar-refractivity contribution >= 4 is 21.7 Å². The van der Waals surface area contributed by atoms with Crippen LogP contribution in [0.5, 0.6) is 0 Å². The molecule has 0 heterocycles. The van der Waals surface area contributed by atoms with Crippen molar-refractivity contribution in [2.45, 2.75) is 17.7 Å². The summed E-state index contributed by atoms with van der Waals surface area (Å²) in [6.07, 6.45) is 1.25. The Bertz CT molecular complexity index is 622. The molecule has 1 rings (SSSR count). The van der Waals surface area contributed by atoms with Crippen molar-refractivity contribution in [1.29, 1.82) is 0 Å². The smallest absolute Gasteiger partial charge is 0.303 e. The van der Waals surface area contributed by atoms with Crippen LogP contribution < -0.4 is 0 Å². The highest BCUT2D eigenvalue weighted by Gasteiger charge is 2.11. The van der Waals surface area contributed by atoms with Gasteiger partial charge in [0.05, 0.1) is 4.90 Å². The van der Waals surface area contributed by atoms with E-state index >= 15 is 0 Å². The molecule has 0 aliphatic rings. The predicted octanol–water partition coefficient (Wildman–Crippen LogP) is 1.30. The summed E-state index contributed by atoms with van der Waals surface area (Å²) in [6.45, 7) is 0.251. The summed E-state index contributed by atoms with van der Waals surface area (Å²) in [6, 6.07) is 7.78.